The van der Waals surface area contributed by atoms with Crippen molar-refractivity contribution in [2.24, 2.45) is 0 Å². The van der Waals surface area contributed by atoms with E-state index in [1.54, 1.807) is 61.8 Å². The van der Waals surface area contributed by atoms with E-state index in [-0.39, 0.29) is 16.8 Å². The summed E-state index contributed by atoms with van der Waals surface area (Å²) in [5, 5.41) is 0.383. The second-order valence-electron chi connectivity index (χ2n) is 8.76. The lowest BCUT2D eigenvalue weighted by molar-refractivity contribution is 0.0970. The van der Waals surface area contributed by atoms with Crippen molar-refractivity contribution in [3.05, 3.63) is 128 Å². The van der Waals surface area contributed by atoms with E-state index < -0.39 is 11.9 Å². The molecular weight excluding hydrogens is 548 g/mol. The van der Waals surface area contributed by atoms with Crippen LogP contribution in [0.15, 0.2) is 105 Å². The molecule has 3 heterocycles. The van der Waals surface area contributed by atoms with Crippen LogP contribution in [0.25, 0.3) is 11.0 Å². The number of amides is 1. The Bertz CT molecular complexity index is 1720. The van der Waals surface area contributed by atoms with Gasteiger partial charge in [0, 0.05) is 10.7 Å². The van der Waals surface area contributed by atoms with Gasteiger partial charge in [0.2, 0.25) is 5.76 Å². The number of carbonyl (C=O) groups is 1. The zero-order valence-corrected chi connectivity index (χ0v) is 21.8. The van der Waals surface area contributed by atoms with Gasteiger partial charge in [-0.05, 0) is 53.6 Å². The van der Waals surface area contributed by atoms with Crippen LogP contribution < -0.4 is 19.8 Å². The summed E-state index contributed by atoms with van der Waals surface area (Å²) in [6, 6.07) is 24.9. The van der Waals surface area contributed by atoms with Gasteiger partial charge in [-0.25, -0.2) is 4.98 Å². The molecule has 0 radical (unpaired) electrons. The first-order valence-corrected chi connectivity index (χ1v) is 12.7. The molecule has 0 fully saturated rings. The van der Waals surface area contributed by atoms with Crippen molar-refractivity contribution in [1.82, 2.24) is 4.98 Å². The van der Waals surface area contributed by atoms with Crippen LogP contribution >= 0.6 is 15.9 Å². The number of aromatic nitrogens is 1. The van der Waals surface area contributed by atoms with Gasteiger partial charge in [-0.15, -0.1) is 0 Å². The second kappa shape index (κ2) is 9.79. The zero-order chi connectivity index (χ0) is 26.2. The SMILES string of the molecule is COc1cc(C2c3c(oc4ccc(Br)cc4c3=O)C(=O)N2c2ccccn2)ccc1OCc1ccccc1. The molecule has 1 unspecified atom stereocenters. The van der Waals surface area contributed by atoms with Gasteiger partial charge in [-0.2, -0.15) is 0 Å². The quantitative estimate of drug-likeness (QED) is 0.239. The number of ether oxygens (including phenoxy) is 2. The molecule has 7 nitrogen and oxygen atoms in total. The standard InChI is InChI=1S/C30H21BrN2O5/c1-36-24-15-19(10-12-23(24)37-17-18-7-3-2-4-8-18)27-26-28(34)21-16-20(31)11-13-22(21)38-29(26)30(35)33(27)25-9-5-6-14-32-25/h2-16,27H,17H2,1H3. The van der Waals surface area contributed by atoms with Crippen LogP contribution in [0.3, 0.4) is 0 Å². The van der Waals surface area contributed by atoms with Gasteiger partial charge in [0.1, 0.15) is 18.0 Å². The fourth-order valence-corrected chi connectivity index (χ4v) is 5.06. The molecule has 0 spiro atoms. The molecule has 0 saturated heterocycles. The number of methoxy groups -OCH3 is 1. The lowest BCUT2D eigenvalue weighted by Gasteiger charge is -2.25. The van der Waals surface area contributed by atoms with Gasteiger partial charge >= 0.3 is 0 Å². The van der Waals surface area contributed by atoms with E-state index in [2.05, 4.69) is 20.9 Å². The number of nitrogens with zero attached hydrogens (tertiary/aromatic N) is 2. The number of anilines is 1. The van der Waals surface area contributed by atoms with E-state index in [0.717, 1.165) is 10.0 Å². The zero-order valence-electron chi connectivity index (χ0n) is 20.3. The van der Waals surface area contributed by atoms with Crippen LogP contribution in [0.4, 0.5) is 5.82 Å². The predicted octanol–water partition coefficient (Wildman–Crippen LogP) is 6.29. The summed E-state index contributed by atoms with van der Waals surface area (Å²) in [4.78, 5) is 33.4. The lowest BCUT2D eigenvalue weighted by Crippen LogP contribution is -2.30. The average molecular weight is 569 g/mol. The van der Waals surface area contributed by atoms with Gasteiger partial charge in [-0.3, -0.25) is 14.5 Å². The van der Waals surface area contributed by atoms with Gasteiger partial charge in [-0.1, -0.05) is 58.4 Å². The summed E-state index contributed by atoms with van der Waals surface area (Å²) in [5.41, 5.74) is 2.00. The Morgan fingerprint density at radius 1 is 0.947 bits per heavy atom. The van der Waals surface area contributed by atoms with Crippen LogP contribution in [0.2, 0.25) is 0 Å². The van der Waals surface area contributed by atoms with Crippen molar-refractivity contribution in [1.29, 1.82) is 0 Å². The minimum Gasteiger partial charge on any atom is -0.493 e. The van der Waals surface area contributed by atoms with Gasteiger partial charge in [0.05, 0.1) is 24.1 Å². The smallest absolute Gasteiger partial charge is 0.296 e. The van der Waals surface area contributed by atoms with Crippen LogP contribution in [0.1, 0.15) is 33.3 Å². The van der Waals surface area contributed by atoms with Crippen LogP contribution in [0, 0.1) is 0 Å². The molecule has 0 aliphatic carbocycles. The molecule has 188 valence electrons. The van der Waals surface area contributed by atoms with Crippen LogP contribution in [0.5, 0.6) is 11.5 Å². The Hall–Kier alpha value is -4.43. The minimum absolute atomic E-state index is 0.00356. The molecule has 0 saturated carbocycles. The second-order valence-corrected chi connectivity index (χ2v) is 9.68. The van der Waals surface area contributed by atoms with E-state index in [9.17, 15) is 9.59 Å². The lowest BCUT2D eigenvalue weighted by atomic mass is 9.98. The number of hydrogen-bond acceptors (Lipinski definition) is 6. The summed E-state index contributed by atoms with van der Waals surface area (Å²) < 4.78 is 18.4. The molecule has 6 rings (SSSR count). The van der Waals surface area contributed by atoms with Gasteiger partial charge in [0.25, 0.3) is 5.91 Å². The van der Waals surface area contributed by atoms with E-state index >= 15 is 0 Å². The fourth-order valence-electron chi connectivity index (χ4n) is 4.70. The molecule has 2 aromatic heterocycles. The molecule has 0 N–H and O–H groups in total. The molecule has 1 aliphatic rings. The topological polar surface area (TPSA) is 81.9 Å². The van der Waals surface area contributed by atoms with Gasteiger partial charge in [0.15, 0.2) is 16.9 Å². The highest BCUT2D eigenvalue weighted by Gasteiger charge is 2.44. The Kier molecular flexibility index (Phi) is 6.17. The molecule has 38 heavy (non-hydrogen) atoms. The molecule has 3 aromatic carbocycles. The van der Waals surface area contributed by atoms with Crippen molar-refractivity contribution in [3.63, 3.8) is 0 Å². The molecule has 8 heteroatoms. The maximum absolute atomic E-state index is 13.8. The summed E-state index contributed by atoms with van der Waals surface area (Å²) in [5.74, 6) is 0.997. The van der Waals surface area contributed by atoms with Crippen molar-refractivity contribution in [2.75, 3.05) is 12.0 Å². The normalized spacial score (nSPS) is 14.5. The number of pyridine rings is 1. The average Bonchev–Trinajstić information content (AvgIpc) is 3.25. The highest BCUT2D eigenvalue weighted by atomic mass is 79.9. The van der Waals surface area contributed by atoms with Crippen molar-refractivity contribution < 1.29 is 18.7 Å². The molecule has 1 aliphatic heterocycles. The number of halogens is 1. The largest absolute Gasteiger partial charge is 0.493 e. The fraction of sp³-hybridized carbons (Fsp3) is 0.100. The van der Waals surface area contributed by atoms with Crippen molar-refractivity contribution in [2.45, 2.75) is 12.6 Å². The monoisotopic (exact) mass is 568 g/mol. The number of fused-ring (bicyclic) bond motifs is 2. The maximum Gasteiger partial charge on any atom is 0.296 e. The highest BCUT2D eigenvalue weighted by molar-refractivity contribution is 9.10. The highest BCUT2D eigenvalue weighted by Crippen LogP contribution is 2.43. The summed E-state index contributed by atoms with van der Waals surface area (Å²) in [6.45, 7) is 0.367. The van der Waals surface area contributed by atoms with E-state index in [0.29, 0.717) is 40.5 Å². The van der Waals surface area contributed by atoms with Gasteiger partial charge < -0.3 is 13.9 Å². The van der Waals surface area contributed by atoms with E-state index in [1.807, 2.05) is 36.4 Å². The third-order valence-corrected chi connectivity index (χ3v) is 6.96. The number of carbonyl (C=O) groups excluding carboxylic acids is 1. The predicted molar refractivity (Wildman–Crippen MR) is 147 cm³/mol. The first-order valence-electron chi connectivity index (χ1n) is 11.9. The van der Waals surface area contributed by atoms with Crippen molar-refractivity contribution in [3.8, 4) is 11.5 Å². The van der Waals surface area contributed by atoms with Crippen LogP contribution in [-0.2, 0) is 6.61 Å². The third kappa shape index (κ3) is 4.13. The molecule has 1 amide bonds. The Labute approximate surface area is 226 Å². The first kappa shape index (κ1) is 23.9. The molecular formula is C30H21BrN2O5. The Morgan fingerprint density at radius 2 is 1.76 bits per heavy atom. The van der Waals surface area contributed by atoms with Crippen LogP contribution in [-0.4, -0.2) is 18.0 Å². The van der Waals surface area contributed by atoms with Crippen molar-refractivity contribution >= 4 is 38.6 Å². The van der Waals surface area contributed by atoms with E-state index in [1.165, 1.54) is 4.90 Å². The third-order valence-electron chi connectivity index (χ3n) is 6.47. The molecule has 5 aromatic rings. The number of benzene rings is 3. The Balaban J connectivity index is 1.49. The number of hydrogen-bond donors (Lipinski definition) is 0. The minimum atomic E-state index is -0.774. The Morgan fingerprint density at radius 3 is 2.53 bits per heavy atom. The summed E-state index contributed by atoms with van der Waals surface area (Å²) >= 11 is 3.43. The van der Waals surface area contributed by atoms with E-state index in [4.69, 9.17) is 13.9 Å². The first-order chi connectivity index (χ1) is 18.5. The summed E-state index contributed by atoms with van der Waals surface area (Å²) in [6.07, 6.45) is 1.60. The molecule has 0 bridgehead atoms. The molecule has 1 atom stereocenters. The number of rotatable bonds is 6. The maximum atomic E-state index is 13.8. The summed E-state index contributed by atoms with van der Waals surface area (Å²) in [7, 11) is 1.55.